The van der Waals surface area contributed by atoms with Crippen molar-refractivity contribution in [2.75, 3.05) is 19.0 Å². The van der Waals surface area contributed by atoms with E-state index in [1.165, 1.54) is 0 Å². The van der Waals surface area contributed by atoms with Crippen molar-refractivity contribution >= 4 is 17.3 Å². The first kappa shape index (κ1) is 7.42. The molecule has 0 spiro atoms. The molecular weight excluding hydrogens is 146 g/mol. The van der Waals surface area contributed by atoms with E-state index in [2.05, 4.69) is 6.07 Å². The molecule has 0 heterocycles. The molecular formula is C8H9ClN. The molecule has 0 aliphatic heterocycles. The molecule has 0 amide bonds. The third-order valence-corrected chi connectivity index (χ3v) is 1.45. The van der Waals surface area contributed by atoms with E-state index in [1.807, 2.05) is 37.2 Å². The fourth-order valence-corrected chi connectivity index (χ4v) is 0.860. The third kappa shape index (κ3) is 1.64. The molecule has 0 aliphatic carbocycles. The monoisotopic (exact) mass is 154 g/mol. The van der Waals surface area contributed by atoms with Crippen LogP contribution < -0.4 is 4.90 Å². The molecule has 0 N–H and O–H groups in total. The van der Waals surface area contributed by atoms with Crippen LogP contribution in [0.3, 0.4) is 0 Å². The van der Waals surface area contributed by atoms with Gasteiger partial charge in [0.2, 0.25) is 0 Å². The molecule has 2 heteroatoms. The smallest absolute Gasteiger partial charge is 0.0506 e. The fourth-order valence-electron chi connectivity index (χ4n) is 0.690. The van der Waals surface area contributed by atoms with Gasteiger partial charge < -0.3 is 4.90 Å². The SMILES string of the molecule is CN(C)c1[c]c(Cl)ccc1. The van der Waals surface area contributed by atoms with Crippen molar-refractivity contribution in [1.82, 2.24) is 0 Å². The summed E-state index contributed by atoms with van der Waals surface area (Å²) in [6.07, 6.45) is 0. The lowest BCUT2D eigenvalue weighted by Gasteiger charge is -2.10. The molecule has 0 saturated heterocycles. The fraction of sp³-hybridized carbons (Fsp3) is 0.250. The van der Waals surface area contributed by atoms with Gasteiger partial charge in [0.15, 0.2) is 0 Å². The van der Waals surface area contributed by atoms with Crippen LogP contribution in [0.25, 0.3) is 0 Å². The number of halogens is 1. The Balaban J connectivity index is 2.96. The van der Waals surface area contributed by atoms with Gasteiger partial charge in [-0.05, 0) is 12.1 Å². The van der Waals surface area contributed by atoms with Crippen LogP contribution in [-0.4, -0.2) is 14.1 Å². The standard InChI is InChI=1S/C8H9ClN/c1-10(2)8-5-3-4-7(9)6-8/h3-5H,1-2H3. The average Bonchev–Trinajstić information content (AvgIpc) is 1.88. The molecule has 53 valence electrons. The second-order valence-corrected chi connectivity index (χ2v) is 2.69. The summed E-state index contributed by atoms with van der Waals surface area (Å²) in [7, 11) is 3.92. The first-order valence-corrected chi connectivity index (χ1v) is 3.43. The number of anilines is 1. The quantitative estimate of drug-likeness (QED) is 0.600. The minimum Gasteiger partial charge on any atom is -0.377 e. The van der Waals surface area contributed by atoms with Gasteiger partial charge in [0.1, 0.15) is 0 Å². The van der Waals surface area contributed by atoms with Crippen LogP contribution in [0.5, 0.6) is 0 Å². The largest absolute Gasteiger partial charge is 0.377 e. The van der Waals surface area contributed by atoms with Crippen molar-refractivity contribution in [3.63, 3.8) is 0 Å². The van der Waals surface area contributed by atoms with Crippen LogP contribution in [0.15, 0.2) is 18.2 Å². The zero-order chi connectivity index (χ0) is 7.56. The average molecular weight is 155 g/mol. The molecule has 10 heavy (non-hydrogen) atoms. The number of rotatable bonds is 1. The Morgan fingerprint density at radius 3 is 2.50 bits per heavy atom. The molecule has 0 aliphatic rings. The van der Waals surface area contributed by atoms with Crippen LogP contribution in [0.1, 0.15) is 0 Å². The van der Waals surface area contributed by atoms with Gasteiger partial charge in [-0.2, -0.15) is 0 Å². The number of hydrogen-bond acceptors (Lipinski definition) is 1. The van der Waals surface area contributed by atoms with Crippen molar-refractivity contribution in [1.29, 1.82) is 0 Å². The van der Waals surface area contributed by atoms with Gasteiger partial charge in [-0.25, -0.2) is 0 Å². The Hall–Kier alpha value is -0.690. The minimum absolute atomic E-state index is 0.659. The normalized spacial score (nSPS) is 9.50. The van der Waals surface area contributed by atoms with Crippen molar-refractivity contribution in [3.8, 4) is 0 Å². The first-order valence-electron chi connectivity index (χ1n) is 3.05. The van der Waals surface area contributed by atoms with Crippen molar-refractivity contribution in [2.45, 2.75) is 0 Å². The van der Waals surface area contributed by atoms with Crippen molar-refractivity contribution < 1.29 is 0 Å². The van der Waals surface area contributed by atoms with E-state index >= 15 is 0 Å². The van der Waals surface area contributed by atoms with E-state index in [1.54, 1.807) is 0 Å². The Morgan fingerprint density at radius 1 is 1.40 bits per heavy atom. The summed E-state index contributed by atoms with van der Waals surface area (Å²) in [4.78, 5) is 1.96. The molecule has 0 aromatic heterocycles. The maximum absolute atomic E-state index is 5.71. The maximum atomic E-state index is 5.71. The van der Waals surface area contributed by atoms with E-state index in [9.17, 15) is 0 Å². The van der Waals surface area contributed by atoms with Gasteiger partial charge in [-0.1, -0.05) is 17.7 Å². The summed E-state index contributed by atoms with van der Waals surface area (Å²) in [6.45, 7) is 0. The Morgan fingerprint density at radius 2 is 2.10 bits per heavy atom. The highest BCUT2D eigenvalue weighted by molar-refractivity contribution is 6.30. The van der Waals surface area contributed by atoms with Crippen molar-refractivity contribution in [2.24, 2.45) is 0 Å². The van der Waals surface area contributed by atoms with Crippen LogP contribution in [-0.2, 0) is 0 Å². The molecule has 0 fully saturated rings. The van der Waals surface area contributed by atoms with Gasteiger partial charge in [0.05, 0.1) is 5.02 Å². The molecule has 1 radical (unpaired) electrons. The van der Waals surface area contributed by atoms with Gasteiger partial charge in [0.25, 0.3) is 0 Å². The second-order valence-electron chi connectivity index (χ2n) is 2.28. The zero-order valence-electron chi connectivity index (χ0n) is 6.06. The van der Waals surface area contributed by atoms with Crippen LogP contribution in [0.2, 0.25) is 5.02 Å². The molecule has 1 nitrogen and oxygen atoms in total. The Kier molecular flexibility index (Phi) is 2.17. The zero-order valence-corrected chi connectivity index (χ0v) is 6.81. The lowest BCUT2D eigenvalue weighted by molar-refractivity contribution is 1.13. The molecule has 1 aromatic carbocycles. The lowest BCUT2D eigenvalue weighted by atomic mass is 10.3. The molecule has 0 atom stereocenters. The summed E-state index contributed by atoms with van der Waals surface area (Å²) >= 11 is 5.71. The van der Waals surface area contributed by atoms with Gasteiger partial charge >= 0.3 is 0 Å². The molecule has 0 saturated carbocycles. The van der Waals surface area contributed by atoms with Crippen molar-refractivity contribution in [3.05, 3.63) is 29.3 Å². The molecule has 1 aromatic rings. The first-order chi connectivity index (χ1) is 4.70. The van der Waals surface area contributed by atoms with E-state index in [0.29, 0.717) is 5.02 Å². The summed E-state index contributed by atoms with van der Waals surface area (Å²) in [5, 5.41) is 0.659. The minimum atomic E-state index is 0.659. The van der Waals surface area contributed by atoms with Gasteiger partial charge in [-0.3, -0.25) is 0 Å². The van der Waals surface area contributed by atoms with E-state index in [4.69, 9.17) is 11.6 Å². The molecule has 1 rings (SSSR count). The predicted molar refractivity (Wildman–Crippen MR) is 44.6 cm³/mol. The summed E-state index contributed by atoms with van der Waals surface area (Å²) < 4.78 is 0. The third-order valence-electron chi connectivity index (χ3n) is 1.23. The summed E-state index contributed by atoms with van der Waals surface area (Å²) in [6, 6.07) is 8.69. The highest BCUT2D eigenvalue weighted by atomic mass is 35.5. The van der Waals surface area contributed by atoms with Crippen LogP contribution in [0, 0.1) is 6.07 Å². The van der Waals surface area contributed by atoms with Crippen LogP contribution >= 0.6 is 11.6 Å². The van der Waals surface area contributed by atoms with Gasteiger partial charge in [0, 0.05) is 25.8 Å². The summed E-state index contributed by atoms with van der Waals surface area (Å²) in [5.41, 5.74) is 1.01. The summed E-state index contributed by atoms with van der Waals surface area (Å²) in [5.74, 6) is 0. The second kappa shape index (κ2) is 2.93. The Bertz CT molecular complexity index is 220. The van der Waals surface area contributed by atoms with Crippen LogP contribution in [0.4, 0.5) is 5.69 Å². The number of hydrogen-bond donors (Lipinski definition) is 0. The maximum Gasteiger partial charge on any atom is 0.0506 e. The Labute approximate surface area is 66.2 Å². The van der Waals surface area contributed by atoms with E-state index in [-0.39, 0.29) is 0 Å². The lowest BCUT2D eigenvalue weighted by Crippen LogP contribution is -2.08. The van der Waals surface area contributed by atoms with Gasteiger partial charge in [-0.15, -0.1) is 0 Å². The highest BCUT2D eigenvalue weighted by Gasteiger charge is 1.93. The number of nitrogens with zero attached hydrogens (tertiary/aromatic N) is 1. The van der Waals surface area contributed by atoms with E-state index in [0.717, 1.165) is 5.69 Å². The highest BCUT2D eigenvalue weighted by Crippen LogP contribution is 2.15. The van der Waals surface area contributed by atoms with E-state index < -0.39 is 0 Å². The molecule has 0 unspecified atom stereocenters. The molecule has 0 bridgehead atoms. The predicted octanol–water partition coefficient (Wildman–Crippen LogP) is 2.21. The number of benzene rings is 1. The topological polar surface area (TPSA) is 3.24 Å².